The number of nitrogens with one attached hydrogen (secondary N) is 2. The highest BCUT2D eigenvalue weighted by Gasteiger charge is 2.14. The normalized spacial score (nSPS) is 17.4. The summed E-state index contributed by atoms with van der Waals surface area (Å²) in [5.74, 6) is 1.42. The molecule has 0 amide bonds. The van der Waals surface area contributed by atoms with Gasteiger partial charge in [0.1, 0.15) is 11.9 Å². The number of rotatable bonds is 2. The molecule has 2 heterocycles. The van der Waals surface area contributed by atoms with Crippen LogP contribution >= 0.6 is 0 Å². The molecule has 0 atom stereocenters. The van der Waals surface area contributed by atoms with Crippen LogP contribution in [-0.4, -0.2) is 29.4 Å². The molecule has 5 heteroatoms. The third-order valence-electron chi connectivity index (χ3n) is 3.15. The maximum Gasteiger partial charge on any atom is 0.153 e. The molecular formula is C12H16N4O. The van der Waals surface area contributed by atoms with E-state index in [1.165, 1.54) is 0 Å². The smallest absolute Gasteiger partial charge is 0.153 e. The van der Waals surface area contributed by atoms with Gasteiger partial charge in [-0.2, -0.15) is 5.10 Å². The summed E-state index contributed by atoms with van der Waals surface area (Å²) in [5, 5.41) is 11.1. The highest BCUT2D eigenvalue weighted by atomic mass is 16.5. The zero-order valence-electron chi connectivity index (χ0n) is 9.57. The summed E-state index contributed by atoms with van der Waals surface area (Å²) in [6, 6.07) is 5.86. The Kier molecular flexibility index (Phi) is 2.60. The standard InChI is InChI=1S/C12H16N4O/c13-12-10-2-1-9(7-11(10)15-16-12)17-8-3-5-14-6-4-8/h1-2,7-8,14H,3-6H2,(H3,13,15,16). The number of anilines is 1. The van der Waals surface area contributed by atoms with Crippen molar-refractivity contribution in [2.45, 2.75) is 18.9 Å². The van der Waals surface area contributed by atoms with Crippen LogP contribution in [0.1, 0.15) is 12.8 Å². The predicted octanol–water partition coefficient (Wildman–Crippen LogP) is 1.28. The quantitative estimate of drug-likeness (QED) is 0.729. The number of piperidine rings is 1. The molecule has 4 N–H and O–H groups in total. The van der Waals surface area contributed by atoms with Gasteiger partial charge in [0.15, 0.2) is 5.82 Å². The number of nitrogens with two attached hydrogens (primary N) is 1. The van der Waals surface area contributed by atoms with Crippen molar-refractivity contribution in [2.75, 3.05) is 18.8 Å². The minimum Gasteiger partial charge on any atom is -0.490 e. The second kappa shape index (κ2) is 4.25. The number of ether oxygens (including phenoxy) is 1. The van der Waals surface area contributed by atoms with E-state index in [1.807, 2.05) is 18.2 Å². The first-order valence-electron chi connectivity index (χ1n) is 5.94. The molecule has 0 saturated carbocycles. The maximum atomic E-state index is 5.94. The van der Waals surface area contributed by atoms with Gasteiger partial charge in [-0.3, -0.25) is 5.10 Å². The summed E-state index contributed by atoms with van der Waals surface area (Å²) in [6.45, 7) is 2.06. The number of aromatic nitrogens is 2. The maximum absolute atomic E-state index is 5.94. The molecular weight excluding hydrogens is 216 g/mol. The summed E-state index contributed by atoms with van der Waals surface area (Å²) < 4.78 is 5.94. The first-order chi connectivity index (χ1) is 8.33. The summed E-state index contributed by atoms with van der Waals surface area (Å²) >= 11 is 0. The van der Waals surface area contributed by atoms with Gasteiger partial charge in [-0.25, -0.2) is 0 Å². The van der Waals surface area contributed by atoms with E-state index in [0.29, 0.717) is 11.9 Å². The Balaban J connectivity index is 1.80. The van der Waals surface area contributed by atoms with Crippen LogP contribution in [-0.2, 0) is 0 Å². The van der Waals surface area contributed by atoms with Crippen LogP contribution in [0.25, 0.3) is 10.9 Å². The molecule has 0 unspecified atom stereocenters. The summed E-state index contributed by atoms with van der Waals surface area (Å²) in [5.41, 5.74) is 6.64. The van der Waals surface area contributed by atoms with E-state index in [-0.39, 0.29) is 0 Å². The number of benzene rings is 1. The highest BCUT2D eigenvalue weighted by Crippen LogP contribution is 2.24. The summed E-state index contributed by atoms with van der Waals surface area (Å²) in [7, 11) is 0. The Morgan fingerprint density at radius 3 is 2.94 bits per heavy atom. The lowest BCUT2D eigenvalue weighted by Gasteiger charge is -2.23. The minimum atomic E-state index is 0.314. The average Bonchev–Trinajstić information content (AvgIpc) is 2.72. The lowest BCUT2D eigenvalue weighted by atomic mass is 10.1. The van der Waals surface area contributed by atoms with Crippen LogP contribution in [0.2, 0.25) is 0 Å². The fourth-order valence-corrected chi connectivity index (χ4v) is 2.20. The fourth-order valence-electron chi connectivity index (χ4n) is 2.20. The topological polar surface area (TPSA) is 76.0 Å². The number of hydrogen-bond donors (Lipinski definition) is 3. The summed E-state index contributed by atoms with van der Waals surface area (Å²) in [6.07, 6.45) is 2.43. The number of H-pyrrole nitrogens is 1. The van der Waals surface area contributed by atoms with E-state index in [9.17, 15) is 0 Å². The molecule has 5 nitrogen and oxygen atoms in total. The molecule has 90 valence electrons. The minimum absolute atomic E-state index is 0.314. The molecule has 0 aliphatic carbocycles. The Labute approximate surface area is 99.3 Å². The van der Waals surface area contributed by atoms with E-state index in [1.54, 1.807) is 0 Å². The van der Waals surface area contributed by atoms with Crippen LogP contribution in [0.4, 0.5) is 5.82 Å². The van der Waals surface area contributed by atoms with Crippen molar-refractivity contribution in [1.29, 1.82) is 0 Å². The average molecular weight is 232 g/mol. The molecule has 0 spiro atoms. The van der Waals surface area contributed by atoms with Crippen molar-refractivity contribution in [2.24, 2.45) is 0 Å². The van der Waals surface area contributed by atoms with E-state index in [2.05, 4.69) is 15.5 Å². The third kappa shape index (κ3) is 2.06. The van der Waals surface area contributed by atoms with Crippen molar-refractivity contribution in [3.8, 4) is 5.75 Å². The largest absolute Gasteiger partial charge is 0.490 e. The Bertz CT molecular complexity index is 516. The zero-order valence-corrected chi connectivity index (χ0v) is 9.57. The first-order valence-corrected chi connectivity index (χ1v) is 5.94. The highest BCUT2D eigenvalue weighted by molar-refractivity contribution is 5.89. The van der Waals surface area contributed by atoms with E-state index in [4.69, 9.17) is 10.5 Å². The van der Waals surface area contributed by atoms with Gasteiger partial charge in [0.05, 0.1) is 5.52 Å². The molecule has 3 rings (SSSR count). The molecule has 1 aliphatic rings. The van der Waals surface area contributed by atoms with Crippen molar-refractivity contribution >= 4 is 16.7 Å². The van der Waals surface area contributed by atoms with Crippen LogP contribution < -0.4 is 15.8 Å². The molecule has 0 radical (unpaired) electrons. The number of nitrogen functional groups attached to an aromatic ring is 1. The SMILES string of the molecule is Nc1n[nH]c2cc(OC3CCNCC3)ccc12. The molecule has 1 saturated heterocycles. The van der Waals surface area contributed by atoms with Crippen molar-refractivity contribution < 1.29 is 4.74 Å². The number of aromatic amines is 1. The molecule has 1 aromatic carbocycles. The molecule has 1 aromatic heterocycles. The van der Waals surface area contributed by atoms with Crippen LogP contribution in [0.3, 0.4) is 0 Å². The van der Waals surface area contributed by atoms with E-state index < -0.39 is 0 Å². The van der Waals surface area contributed by atoms with Gasteiger partial charge in [0.2, 0.25) is 0 Å². The van der Waals surface area contributed by atoms with Crippen LogP contribution in [0.5, 0.6) is 5.75 Å². The van der Waals surface area contributed by atoms with Gasteiger partial charge in [-0.15, -0.1) is 0 Å². The lowest BCUT2D eigenvalue weighted by Crippen LogP contribution is -2.34. The Morgan fingerprint density at radius 2 is 2.12 bits per heavy atom. The zero-order chi connectivity index (χ0) is 11.7. The molecule has 17 heavy (non-hydrogen) atoms. The van der Waals surface area contributed by atoms with Crippen LogP contribution in [0.15, 0.2) is 18.2 Å². The molecule has 2 aromatic rings. The third-order valence-corrected chi connectivity index (χ3v) is 3.15. The monoisotopic (exact) mass is 232 g/mol. The van der Waals surface area contributed by atoms with Crippen molar-refractivity contribution in [1.82, 2.24) is 15.5 Å². The predicted molar refractivity (Wildman–Crippen MR) is 67.0 cm³/mol. The number of fused-ring (bicyclic) bond motifs is 1. The van der Waals surface area contributed by atoms with E-state index >= 15 is 0 Å². The fraction of sp³-hybridized carbons (Fsp3) is 0.417. The number of hydrogen-bond acceptors (Lipinski definition) is 4. The number of nitrogens with zero attached hydrogens (tertiary/aromatic N) is 1. The van der Waals surface area contributed by atoms with Gasteiger partial charge in [-0.05, 0) is 38.1 Å². The van der Waals surface area contributed by atoms with Gasteiger partial charge < -0.3 is 15.8 Å². The van der Waals surface area contributed by atoms with Gasteiger partial charge >= 0.3 is 0 Å². The Morgan fingerprint density at radius 1 is 1.29 bits per heavy atom. The van der Waals surface area contributed by atoms with Crippen molar-refractivity contribution in [3.63, 3.8) is 0 Å². The lowest BCUT2D eigenvalue weighted by molar-refractivity contribution is 0.162. The van der Waals surface area contributed by atoms with Gasteiger partial charge in [-0.1, -0.05) is 0 Å². The van der Waals surface area contributed by atoms with Crippen LogP contribution in [0, 0.1) is 0 Å². The first kappa shape index (κ1) is 10.4. The van der Waals surface area contributed by atoms with Gasteiger partial charge in [0.25, 0.3) is 0 Å². The Hall–Kier alpha value is -1.75. The van der Waals surface area contributed by atoms with E-state index in [0.717, 1.165) is 42.6 Å². The van der Waals surface area contributed by atoms with Crippen molar-refractivity contribution in [3.05, 3.63) is 18.2 Å². The second-order valence-electron chi connectivity index (χ2n) is 4.38. The molecule has 1 aliphatic heterocycles. The van der Waals surface area contributed by atoms with Gasteiger partial charge in [0, 0.05) is 11.5 Å². The molecule has 0 bridgehead atoms. The molecule has 1 fully saturated rings. The summed E-state index contributed by atoms with van der Waals surface area (Å²) in [4.78, 5) is 0. The second-order valence-corrected chi connectivity index (χ2v) is 4.38.